The number of nitrogens with zero attached hydrogens (tertiary/aromatic N) is 1. The molecule has 1 fully saturated rings. The molecule has 1 aromatic carbocycles. The summed E-state index contributed by atoms with van der Waals surface area (Å²) in [6.07, 6.45) is 0.498. The number of sulfone groups is 1. The first-order valence-electron chi connectivity index (χ1n) is 8.05. The minimum Gasteiger partial charge on any atom is -0.489 e. The van der Waals surface area contributed by atoms with Crippen LogP contribution in [0.1, 0.15) is 20.3 Å². The van der Waals surface area contributed by atoms with Gasteiger partial charge in [-0.1, -0.05) is 11.6 Å². The minimum atomic E-state index is -2.91. The lowest BCUT2D eigenvalue weighted by atomic mass is 10.3. The number of benzene rings is 1. The van der Waals surface area contributed by atoms with Gasteiger partial charge in [-0.15, -0.1) is 0 Å². The van der Waals surface area contributed by atoms with Gasteiger partial charge in [0, 0.05) is 17.6 Å². The largest absolute Gasteiger partial charge is 0.489 e. The standard InChI is InChI=1S/C16H24ClN3O3S/c1-3-18-16(20-14-8-9-24(21,22)11-14)19-10-12(2)23-15-6-4-13(17)5-7-15/h4-7,12,14H,3,8-11H2,1-2H3,(H2,18,19,20). The zero-order valence-corrected chi connectivity index (χ0v) is 15.5. The molecular formula is C16H24ClN3O3S. The fraction of sp³-hybridized carbons (Fsp3) is 0.562. The maximum Gasteiger partial charge on any atom is 0.191 e. The lowest BCUT2D eigenvalue weighted by Crippen LogP contribution is -2.44. The van der Waals surface area contributed by atoms with Crippen LogP contribution in [0, 0.1) is 0 Å². The lowest BCUT2D eigenvalue weighted by molar-refractivity contribution is 0.230. The summed E-state index contributed by atoms with van der Waals surface area (Å²) in [4.78, 5) is 4.49. The van der Waals surface area contributed by atoms with Gasteiger partial charge in [0.15, 0.2) is 15.8 Å². The first-order chi connectivity index (χ1) is 11.4. The van der Waals surface area contributed by atoms with E-state index in [4.69, 9.17) is 16.3 Å². The monoisotopic (exact) mass is 373 g/mol. The average Bonchev–Trinajstić information content (AvgIpc) is 2.86. The number of nitrogens with one attached hydrogen (secondary N) is 2. The van der Waals surface area contributed by atoms with Gasteiger partial charge in [0.05, 0.1) is 18.1 Å². The van der Waals surface area contributed by atoms with Crippen molar-refractivity contribution in [1.82, 2.24) is 10.6 Å². The molecule has 0 aromatic heterocycles. The van der Waals surface area contributed by atoms with Crippen LogP contribution in [0.25, 0.3) is 0 Å². The second-order valence-electron chi connectivity index (χ2n) is 5.85. The first kappa shape index (κ1) is 18.9. The number of rotatable bonds is 6. The molecule has 1 aromatic rings. The third kappa shape index (κ3) is 6.20. The van der Waals surface area contributed by atoms with Crippen LogP contribution in [-0.2, 0) is 9.84 Å². The first-order valence-corrected chi connectivity index (χ1v) is 10.3. The van der Waals surface area contributed by atoms with E-state index in [1.54, 1.807) is 12.1 Å². The minimum absolute atomic E-state index is 0.0831. The van der Waals surface area contributed by atoms with Gasteiger partial charge in [-0.05, 0) is 44.5 Å². The van der Waals surface area contributed by atoms with E-state index >= 15 is 0 Å². The van der Waals surface area contributed by atoms with Crippen LogP contribution in [0.15, 0.2) is 29.3 Å². The predicted octanol–water partition coefficient (Wildman–Crippen LogP) is 1.85. The molecule has 2 unspecified atom stereocenters. The topological polar surface area (TPSA) is 79.8 Å². The molecule has 0 bridgehead atoms. The Balaban J connectivity index is 1.88. The maximum atomic E-state index is 11.5. The molecule has 2 rings (SSSR count). The van der Waals surface area contributed by atoms with Crippen LogP contribution in [0.3, 0.4) is 0 Å². The van der Waals surface area contributed by atoms with Gasteiger partial charge in [-0.25, -0.2) is 13.4 Å². The van der Waals surface area contributed by atoms with Crippen molar-refractivity contribution in [2.75, 3.05) is 24.6 Å². The molecule has 0 aliphatic carbocycles. The highest BCUT2D eigenvalue weighted by Gasteiger charge is 2.28. The number of aliphatic imine (C=N–C) groups is 1. The number of hydrogen-bond donors (Lipinski definition) is 2. The van der Waals surface area contributed by atoms with E-state index < -0.39 is 9.84 Å². The van der Waals surface area contributed by atoms with Gasteiger partial charge in [0.2, 0.25) is 0 Å². The molecule has 0 saturated carbocycles. The molecular weight excluding hydrogens is 350 g/mol. The summed E-state index contributed by atoms with van der Waals surface area (Å²) in [5, 5.41) is 6.99. The Hall–Kier alpha value is -1.47. The van der Waals surface area contributed by atoms with Crippen molar-refractivity contribution < 1.29 is 13.2 Å². The van der Waals surface area contributed by atoms with Crippen molar-refractivity contribution >= 4 is 27.4 Å². The van der Waals surface area contributed by atoms with Crippen molar-refractivity contribution in [3.05, 3.63) is 29.3 Å². The van der Waals surface area contributed by atoms with Crippen molar-refractivity contribution in [2.45, 2.75) is 32.4 Å². The van der Waals surface area contributed by atoms with Crippen LogP contribution in [-0.4, -0.2) is 51.1 Å². The van der Waals surface area contributed by atoms with Crippen LogP contribution in [0.4, 0.5) is 0 Å². The smallest absolute Gasteiger partial charge is 0.191 e. The molecule has 0 spiro atoms. The van der Waals surface area contributed by atoms with Crippen molar-refractivity contribution in [1.29, 1.82) is 0 Å². The summed E-state index contributed by atoms with van der Waals surface area (Å²) >= 11 is 5.85. The predicted molar refractivity (Wildman–Crippen MR) is 97.7 cm³/mol. The Morgan fingerprint density at radius 3 is 2.71 bits per heavy atom. The van der Waals surface area contributed by atoms with Gasteiger partial charge >= 0.3 is 0 Å². The molecule has 1 aliphatic heterocycles. The van der Waals surface area contributed by atoms with Gasteiger partial charge in [-0.3, -0.25) is 0 Å². The third-order valence-electron chi connectivity index (χ3n) is 3.57. The second kappa shape index (κ2) is 8.58. The van der Waals surface area contributed by atoms with Gasteiger partial charge in [0.1, 0.15) is 11.9 Å². The van der Waals surface area contributed by atoms with Gasteiger partial charge in [-0.2, -0.15) is 0 Å². The number of ether oxygens (including phenoxy) is 1. The number of halogens is 1. The zero-order valence-electron chi connectivity index (χ0n) is 14.0. The molecule has 2 atom stereocenters. The molecule has 6 nitrogen and oxygen atoms in total. The van der Waals surface area contributed by atoms with E-state index in [9.17, 15) is 8.42 Å². The molecule has 2 N–H and O–H groups in total. The Morgan fingerprint density at radius 1 is 1.42 bits per heavy atom. The summed E-state index contributed by atoms with van der Waals surface area (Å²) in [5.41, 5.74) is 0. The molecule has 0 amide bonds. The number of hydrogen-bond acceptors (Lipinski definition) is 4. The molecule has 8 heteroatoms. The van der Waals surface area contributed by atoms with E-state index in [1.165, 1.54) is 0 Å². The molecule has 24 heavy (non-hydrogen) atoms. The summed E-state index contributed by atoms with van der Waals surface area (Å²) in [6, 6.07) is 7.10. The van der Waals surface area contributed by atoms with Crippen LogP contribution in [0.2, 0.25) is 5.02 Å². The summed E-state index contributed by atoms with van der Waals surface area (Å²) < 4.78 is 28.9. The normalized spacial score (nSPS) is 21.3. The highest BCUT2D eigenvalue weighted by molar-refractivity contribution is 7.91. The van der Waals surface area contributed by atoms with E-state index in [0.29, 0.717) is 30.5 Å². The van der Waals surface area contributed by atoms with Crippen LogP contribution < -0.4 is 15.4 Å². The Bertz CT molecular complexity index is 662. The summed E-state index contributed by atoms with van der Waals surface area (Å²) in [5.74, 6) is 1.75. The maximum absolute atomic E-state index is 11.5. The SMILES string of the molecule is CCNC(=NCC(C)Oc1ccc(Cl)cc1)NC1CCS(=O)(=O)C1. The quantitative estimate of drug-likeness (QED) is 0.587. The van der Waals surface area contributed by atoms with E-state index in [2.05, 4.69) is 15.6 Å². The van der Waals surface area contributed by atoms with Crippen molar-refractivity contribution in [3.8, 4) is 5.75 Å². The third-order valence-corrected chi connectivity index (χ3v) is 5.59. The van der Waals surface area contributed by atoms with Crippen LogP contribution in [0.5, 0.6) is 5.75 Å². The number of guanidine groups is 1. The Kier molecular flexibility index (Phi) is 6.74. The van der Waals surface area contributed by atoms with Crippen LogP contribution >= 0.6 is 11.6 Å². The van der Waals surface area contributed by atoms with E-state index in [0.717, 1.165) is 5.75 Å². The highest BCUT2D eigenvalue weighted by Crippen LogP contribution is 2.17. The molecule has 134 valence electrons. The average molecular weight is 374 g/mol. The fourth-order valence-corrected chi connectivity index (χ4v) is 4.22. The van der Waals surface area contributed by atoms with Crippen molar-refractivity contribution in [2.24, 2.45) is 4.99 Å². The Labute approximate surface area is 148 Å². The van der Waals surface area contributed by atoms with Gasteiger partial charge < -0.3 is 15.4 Å². The molecule has 0 radical (unpaired) electrons. The van der Waals surface area contributed by atoms with E-state index in [1.807, 2.05) is 26.0 Å². The fourth-order valence-electron chi connectivity index (χ4n) is 2.42. The zero-order chi connectivity index (χ0) is 17.6. The highest BCUT2D eigenvalue weighted by atomic mass is 35.5. The summed E-state index contributed by atoms with van der Waals surface area (Å²) in [6.45, 7) is 5.06. The molecule has 1 aliphatic rings. The Morgan fingerprint density at radius 2 is 2.12 bits per heavy atom. The van der Waals surface area contributed by atoms with E-state index in [-0.39, 0.29) is 23.7 Å². The molecule has 1 saturated heterocycles. The van der Waals surface area contributed by atoms with Gasteiger partial charge in [0.25, 0.3) is 0 Å². The summed E-state index contributed by atoms with van der Waals surface area (Å²) in [7, 11) is -2.91. The lowest BCUT2D eigenvalue weighted by Gasteiger charge is -2.17. The van der Waals surface area contributed by atoms with Crippen molar-refractivity contribution in [3.63, 3.8) is 0 Å². The second-order valence-corrected chi connectivity index (χ2v) is 8.51. The molecule has 1 heterocycles.